The monoisotopic (exact) mass is 236 g/mol. The summed E-state index contributed by atoms with van der Waals surface area (Å²) in [7, 11) is 0. The molecule has 1 unspecified atom stereocenters. The van der Waals surface area contributed by atoms with Crippen LogP contribution in [0.1, 0.15) is 0 Å². The van der Waals surface area contributed by atoms with Gasteiger partial charge in [0.1, 0.15) is 5.82 Å². The van der Waals surface area contributed by atoms with Crippen molar-refractivity contribution in [3.8, 4) is 0 Å². The van der Waals surface area contributed by atoms with Crippen molar-refractivity contribution in [1.29, 1.82) is 0 Å². The van der Waals surface area contributed by atoms with Crippen LogP contribution in [0.2, 0.25) is 0 Å². The van der Waals surface area contributed by atoms with Crippen LogP contribution in [0.15, 0.2) is 24.3 Å². The van der Waals surface area contributed by atoms with E-state index in [2.05, 4.69) is 10.6 Å². The zero-order chi connectivity index (χ0) is 11.7. The van der Waals surface area contributed by atoms with Crippen LogP contribution in [0.5, 0.6) is 0 Å². The molecule has 3 rings (SSSR count). The van der Waals surface area contributed by atoms with Gasteiger partial charge in [-0.25, -0.2) is 4.39 Å². The highest BCUT2D eigenvalue weighted by molar-refractivity contribution is 5.44. The van der Waals surface area contributed by atoms with Gasteiger partial charge in [-0.3, -0.25) is 0 Å². The predicted octanol–water partition coefficient (Wildman–Crippen LogP) is 1.47. The maximum Gasteiger partial charge on any atom is 0.123 e. The van der Waals surface area contributed by atoms with E-state index in [1.54, 1.807) is 12.1 Å². The Bertz CT molecular complexity index is 360. The Hall–Kier alpha value is -1.13. The van der Waals surface area contributed by atoms with E-state index in [1.165, 1.54) is 12.1 Å². The molecule has 2 heterocycles. The molecule has 92 valence electrons. The van der Waals surface area contributed by atoms with Crippen LogP contribution in [-0.4, -0.2) is 32.3 Å². The minimum Gasteiger partial charge on any atom is -0.381 e. The first-order valence-corrected chi connectivity index (χ1v) is 6.13. The molecule has 0 spiro atoms. The van der Waals surface area contributed by atoms with Crippen LogP contribution in [0.3, 0.4) is 0 Å². The summed E-state index contributed by atoms with van der Waals surface area (Å²) in [5.74, 6) is 0.824. The van der Waals surface area contributed by atoms with Gasteiger partial charge in [-0.1, -0.05) is 0 Å². The summed E-state index contributed by atoms with van der Waals surface area (Å²) in [4.78, 5) is 0. The number of ether oxygens (including phenoxy) is 1. The molecule has 0 saturated carbocycles. The third kappa shape index (κ3) is 2.28. The minimum absolute atomic E-state index is 0.190. The standard InChI is InChI=1S/C13H17FN2O/c14-11-1-3-12(4-2-11)16-13-9-5-15-6-10(13)8-17-7-9/h1-4,9-10,13,15-16H,5-8H2/t9-,10+,13?. The quantitative estimate of drug-likeness (QED) is 0.816. The molecule has 2 N–H and O–H groups in total. The summed E-state index contributed by atoms with van der Waals surface area (Å²) < 4.78 is 18.4. The van der Waals surface area contributed by atoms with Gasteiger partial charge in [0.25, 0.3) is 0 Å². The average molecular weight is 236 g/mol. The summed E-state index contributed by atoms with van der Waals surface area (Å²) in [5, 5.41) is 6.96. The summed E-state index contributed by atoms with van der Waals surface area (Å²) in [5.41, 5.74) is 0.996. The fourth-order valence-corrected chi connectivity index (χ4v) is 2.76. The first-order valence-electron chi connectivity index (χ1n) is 6.13. The number of hydrogen-bond donors (Lipinski definition) is 2. The number of fused-ring (bicyclic) bond motifs is 2. The summed E-state index contributed by atoms with van der Waals surface area (Å²) in [6.45, 7) is 3.61. The Morgan fingerprint density at radius 2 is 1.76 bits per heavy atom. The van der Waals surface area contributed by atoms with E-state index in [9.17, 15) is 4.39 Å². The van der Waals surface area contributed by atoms with Gasteiger partial charge in [-0.05, 0) is 24.3 Å². The maximum atomic E-state index is 12.8. The molecule has 2 aliphatic heterocycles. The van der Waals surface area contributed by atoms with E-state index >= 15 is 0 Å². The van der Waals surface area contributed by atoms with Crippen LogP contribution >= 0.6 is 0 Å². The second kappa shape index (κ2) is 4.63. The SMILES string of the molecule is Fc1ccc(NC2[C@@H]3CNC[C@H]2COC3)cc1. The fraction of sp³-hybridized carbons (Fsp3) is 0.538. The van der Waals surface area contributed by atoms with Gasteiger partial charge in [0, 0.05) is 36.7 Å². The van der Waals surface area contributed by atoms with E-state index in [-0.39, 0.29) is 5.82 Å². The molecule has 3 nitrogen and oxygen atoms in total. The molecule has 2 bridgehead atoms. The molecule has 0 radical (unpaired) electrons. The van der Waals surface area contributed by atoms with Gasteiger partial charge >= 0.3 is 0 Å². The molecule has 2 aliphatic rings. The third-order valence-electron chi connectivity index (χ3n) is 3.67. The molecule has 17 heavy (non-hydrogen) atoms. The Morgan fingerprint density at radius 3 is 2.41 bits per heavy atom. The molecule has 3 atom stereocenters. The molecular weight excluding hydrogens is 219 g/mol. The Kier molecular flexibility index (Phi) is 2.99. The second-order valence-electron chi connectivity index (χ2n) is 4.89. The number of rotatable bonds is 2. The highest BCUT2D eigenvalue weighted by Gasteiger charge is 2.36. The summed E-state index contributed by atoms with van der Waals surface area (Å²) >= 11 is 0. The van der Waals surface area contributed by atoms with E-state index < -0.39 is 0 Å². The minimum atomic E-state index is -0.190. The van der Waals surface area contributed by atoms with Crippen LogP contribution in [0.25, 0.3) is 0 Å². The van der Waals surface area contributed by atoms with Crippen molar-refractivity contribution in [3.05, 3.63) is 30.1 Å². The molecule has 4 heteroatoms. The maximum absolute atomic E-state index is 12.8. The van der Waals surface area contributed by atoms with Gasteiger partial charge in [-0.15, -0.1) is 0 Å². The van der Waals surface area contributed by atoms with Gasteiger partial charge < -0.3 is 15.4 Å². The van der Waals surface area contributed by atoms with Gasteiger partial charge in [0.05, 0.1) is 13.2 Å². The van der Waals surface area contributed by atoms with Crippen LogP contribution in [-0.2, 0) is 4.74 Å². The fourth-order valence-electron chi connectivity index (χ4n) is 2.76. The van der Waals surface area contributed by atoms with Crippen LogP contribution in [0, 0.1) is 17.7 Å². The highest BCUT2D eigenvalue weighted by atomic mass is 19.1. The second-order valence-corrected chi connectivity index (χ2v) is 4.89. The molecular formula is C13H17FN2O. The Morgan fingerprint density at radius 1 is 1.12 bits per heavy atom. The number of anilines is 1. The largest absolute Gasteiger partial charge is 0.381 e. The van der Waals surface area contributed by atoms with Crippen molar-refractivity contribution in [2.45, 2.75) is 6.04 Å². The lowest BCUT2D eigenvalue weighted by molar-refractivity contribution is -0.0106. The topological polar surface area (TPSA) is 33.3 Å². The van der Waals surface area contributed by atoms with E-state index in [4.69, 9.17) is 4.74 Å². The van der Waals surface area contributed by atoms with Gasteiger partial charge in [0.2, 0.25) is 0 Å². The predicted molar refractivity (Wildman–Crippen MR) is 64.5 cm³/mol. The normalized spacial score (nSPS) is 32.2. The molecule has 2 fully saturated rings. The van der Waals surface area contributed by atoms with Crippen molar-refractivity contribution < 1.29 is 9.13 Å². The molecule has 0 aliphatic carbocycles. The smallest absolute Gasteiger partial charge is 0.123 e. The third-order valence-corrected chi connectivity index (χ3v) is 3.67. The van der Waals surface area contributed by atoms with Crippen molar-refractivity contribution in [2.75, 3.05) is 31.6 Å². The number of benzene rings is 1. The van der Waals surface area contributed by atoms with Crippen molar-refractivity contribution >= 4 is 5.69 Å². The first-order chi connectivity index (χ1) is 8.33. The first kappa shape index (κ1) is 11.0. The lowest BCUT2D eigenvalue weighted by atomic mass is 9.83. The van der Waals surface area contributed by atoms with Crippen molar-refractivity contribution in [1.82, 2.24) is 5.32 Å². The summed E-state index contributed by atoms with van der Waals surface area (Å²) in [6, 6.07) is 7.03. The Labute approximate surface area is 100 Å². The van der Waals surface area contributed by atoms with E-state index in [0.29, 0.717) is 17.9 Å². The average Bonchev–Trinajstić information content (AvgIpc) is 2.32. The van der Waals surface area contributed by atoms with E-state index in [1.807, 2.05) is 0 Å². The molecule has 1 aromatic carbocycles. The lowest BCUT2D eigenvalue weighted by Gasteiger charge is -2.43. The number of piperidine rings is 1. The Balaban J connectivity index is 1.73. The highest BCUT2D eigenvalue weighted by Crippen LogP contribution is 2.26. The number of hydrogen-bond acceptors (Lipinski definition) is 3. The molecule has 1 aromatic rings. The van der Waals surface area contributed by atoms with Gasteiger partial charge in [0.15, 0.2) is 0 Å². The molecule has 0 aromatic heterocycles. The zero-order valence-electron chi connectivity index (χ0n) is 9.66. The van der Waals surface area contributed by atoms with Crippen LogP contribution in [0.4, 0.5) is 10.1 Å². The van der Waals surface area contributed by atoms with Crippen LogP contribution < -0.4 is 10.6 Å². The van der Waals surface area contributed by atoms with E-state index in [0.717, 1.165) is 32.0 Å². The molecule has 0 amide bonds. The zero-order valence-corrected chi connectivity index (χ0v) is 9.66. The van der Waals surface area contributed by atoms with Crippen molar-refractivity contribution in [3.63, 3.8) is 0 Å². The molecule has 2 saturated heterocycles. The summed E-state index contributed by atoms with van der Waals surface area (Å²) in [6.07, 6.45) is 0. The van der Waals surface area contributed by atoms with Crippen molar-refractivity contribution in [2.24, 2.45) is 11.8 Å². The number of halogens is 1. The number of nitrogens with one attached hydrogen (secondary N) is 2. The van der Waals surface area contributed by atoms with Gasteiger partial charge in [-0.2, -0.15) is 0 Å². The lowest BCUT2D eigenvalue weighted by Crippen LogP contribution is -2.56.